The molecule has 1 aliphatic heterocycles. The summed E-state index contributed by atoms with van der Waals surface area (Å²) in [5.74, 6) is 1.63. The number of unbranched alkanes of at least 4 members (excludes halogenated alkanes) is 11. The Morgan fingerprint density at radius 2 is 1.58 bits per heavy atom. The molecule has 2 aromatic carbocycles. The third kappa shape index (κ3) is 11.1. The van der Waals surface area contributed by atoms with Gasteiger partial charge in [0.1, 0.15) is 5.75 Å². The van der Waals surface area contributed by atoms with Gasteiger partial charge >= 0.3 is 0 Å². The summed E-state index contributed by atoms with van der Waals surface area (Å²) in [6, 6.07) is 15.6. The van der Waals surface area contributed by atoms with Crippen LogP contribution in [-0.4, -0.2) is 23.3 Å². The molecule has 36 heavy (non-hydrogen) atoms. The molecule has 0 unspecified atom stereocenters. The van der Waals surface area contributed by atoms with E-state index in [4.69, 9.17) is 4.74 Å². The highest BCUT2D eigenvalue weighted by Gasteiger charge is 2.10. The highest BCUT2D eigenvalue weighted by atomic mass is 32.2. The number of thioether (sulfide) groups is 1. The van der Waals surface area contributed by atoms with Crippen LogP contribution in [0.25, 0.3) is 0 Å². The summed E-state index contributed by atoms with van der Waals surface area (Å²) < 4.78 is 5.94. The van der Waals surface area contributed by atoms with Gasteiger partial charge in [-0.2, -0.15) is 0 Å². The molecular weight excluding hydrogens is 464 g/mol. The number of carbonyl (C=O) groups excluding carboxylic acids is 1. The lowest BCUT2D eigenvalue weighted by Crippen LogP contribution is -2.14. The van der Waals surface area contributed by atoms with Gasteiger partial charge < -0.3 is 15.0 Å². The van der Waals surface area contributed by atoms with Crippen LogP contribution in [0, 0.1) is 0 Å². The van der Waals surface area contributed by atoms with Crippen molar-refractivity contribution in [1.29, 1.82) is 0 Å². The van der Waals surface area contributed by atoms with Crippen LogP contribution >= 0.6 is 11.8 Å². The Morgan fingerprint density at radius 1 is 0.889 bits per heavy atom. The Labute approximate surface area is 222 Å². The minimum Gasteiger partial charge on any atom is -0.494 e. The lowest BCUT2D eigenvalue weighted by Gasteiger charge is -2.15. The van der Waals surface area contributed by atoms with Crippen molar-refractivity contribution < 1.29 is 9.53 Å². The second-order valence-electron chi connectivity index (χ2n) is 9.75. The van der Waals surface area contributed by atoms with E-state index in [1.54, 1.807) is 11.8 Å². The monoisotopic (exact) mass is 508 g/mol. The van der Waals surface area contributed by atoms with Gasteiger partial charge in [-0.25, -0.2) is 0 Å². The summed E-state index contributed by atoms with van der Waals surface area (Å²) in [4.78, 5) is 15.1. The number of hydrogen-bond donors (Lipinski definition) is 1. The van der Waals surface area contributed by atoms with Crippen molar-refractivity contribution in [2.24, 2.45) is 0 Å². The molecule has 2 aromatic rings. The van der Waals surface area contributed by atoms with Gasteiger partial charge in [-0.05, 0) is 47.7 Å². The molecule has 0 aliphatic carbocycles. The Kier molecular flexibility index (Phi) is 13.4. The maximum Gasteiger partial charge on any atom is 0.255 e. The number of anilines is 1. The predicted octanol–water partition coefficient (Wildman–Crippen LogP) is 9.00. The van der Waals surface area contributed by atoms with Crippen LogP contribution in [0.1, 0.15) is 99.9 Å². The number of ether oxygens (including phenoxy) is 1. The molecule has 1 amide bonds. The molecular formula is C31H44N2O2S. The van der Waals surface area contributed by atoms with E-state index in [0.717, 1.165) is 30.3 Å². The van der Waals surface area contributed by atoms with Crippen LogP contribution < -0.4 is 10.1 Å². The highest BCUT2D eigenvalue weighted by Crippen LogP contribution is 2.21. The fourth-order valence-corrected chi connectivity index (χ4v) is 5.17. The Morgan fingerprint density at radius 3 is 2.28 bits per heavy atom. The number of carbonyl (C=O) groups is 1. The van der Waals surface area contributed by atoms with Crippen LogP contribution in [-0.2, 0) is 6.54 Å². The van der Waals surface area contributed by atoms with Crippen molar-refractivity contribution in [1.82, 2.24) is 4.90 Å². The lowest BCUT2D eigenvalue weighted by atomic mass is 10.1. The number of nitrogens with one attached hydrogen (secondary N) is 1. The van der Waals surface area contributed by atoms with Gasteiger partial charge in [0.05, 0.1) is 12.5 Å². The van der Waals surface area contributed by atoms with Gasteiger partial charge in [0.2, 0.25) is 0 Å². The zero-order valence-corrected chi connectivity index (χ0v) is 22.9. The van der Waals surface area contributed by atoms with Crippen molar-refractivity contribution in [2.75, 3.05) is 17.8 Å². The predicted molar refractivity (Wildman–Crippen MR) is 155 cm³/mol. The maximum absolute atomic E-state index is 12.8. The molecule has 0 radical (unpaired) electrons. The first kappa shape index (κ1) is 28.2. The fraction of sp³-hybridized carbons (Fsp3) is 0.516. The minimum atomic E-state index is -0.111. The summed E-state index contributed by atoms with van der Waals surface area (Å²) in [6.45, 7) is 3.82. The molecule has 3 rings (SSSR count). The lowest BCUT2D eigenvalue weighted by molar-refractivity contribution is 0.102. The SMILES string of the molecule is CCCCCCCCCCCCCCOc1cccc(C(=O)Nc2cccc(CN3C=CSC3)c2)c1. The average molecular weight is 509 g/mol. The van der Waals surface area contributed by atoms with Crippen molar-refractivity contribution in [2.45, 2.75) is 90.5 Å². The molecule has 0 saturated carbocycles. The minimum absolute atomic E-state index is 0.111. The number of rotatable bonds is 18. The van der Waals surface area contributed by atoms with Crippen LogP contribution in [0.15, 0.2) is 60.1 Å². The Bertz CT molecular complexity index is 930. The standard InChI is InChI=1S/C31H44N2O2S/c1-2-3-4-5-6-7-8-9-10-11-12-13-21-35-30-19-15-17-28(24-30)31(34)32-29-18-14-16-27(23-29)25-33-20-22-36-26-33/h14-20,22-24H,2-13,21,25-26H2,1H3,(H,32,34). The van der Waals surface area contributed by atoms with E-state index >= 15 is 0 Å². The van der Waals surface area contributed by atoms with Gasteiger partial charge in [0, 0.05) is 24.0 Å². The zero-order valence-electron chi connectivity index (χ0n) is 22.1. The molecule has 0 spiro atoms. The summed E-state index contributed by atoms with van der Waals surface area (Å²) in [6.07, 6.45) is 18.1. The Balaban J connectivity index is 1.29. The molecule has 0 bridgehead atoms. The molecule has 1 aliphatic rings. The third-order valence-corrected chi connectivity index (χ3v) is 7.34. The zero-order chi connectivity index (χ0) is 25.3. The topological polar surface area (TPSA) is 41.6 Å². The van der Waals surface area contributed by atoms with E-state index in [9.17, 15) is 4.79 Å². The van der Waals surface area contributed by atoms with Crippen LogP contribution in [0.3, 0.4) is 0 Å². The molecule has 0 saturated heterocycles. The van der Waals surface area contributed by atoms with E-state index in [0.29, 0.717) is 12.2 Å². The van der Waals surface area contributed by atoms with Crippen molar-refractivity contribution in [3.63, 3.8) is 0 Å². The molecule has 1 N–H and O–H groups in total. The molecule has 0 aromatic heterocycles. The van der Waals surface area contributed by atoms with Crippen LogP contribution in [0.2, 0.25) is 0 Å². The smallest absolute Gasteiger partial charge is 0.255 e. The second-order valence-corrected chi connectivity index (χ2v) is 10.6. The van der Waals surface area contributed by atoms with Gasteiger partial charge in [-0.15, -0.1) is 11.8 Å². The van der Waals surface area contributed by atoms with E-state index in [1.807, 2.05) is 42.5 Å². The van der Waals surface area contributed by atoms with E-state index < -0.39 is 0 Å². The van der Waals surface area contributed by atoms with E-state index in [-0.39, 0.29) is 5.91 Å². The number of benzene rings is 2. The summed E-state index contributed by atoms with van der Waals surface area (Å²) in [7, 11) is 0. The molecule has 5 heteroatoms. The quantitative estimate of drug-likeness (QED) is 0.204. The van der Waals surface area contributed by atoms with Crippen LogP contribution in [0.5, 0.6) is 5.75 Å². The number of hydrogen-bond acceptors (Lipinski definition) is 4. The van der Waals surface area contributed by atoms with Crippen molar-refractivity contribution >= 4 is 23.4 Å². The first-order valence-electron chi connectivity index (χ1n) is 13.9. The second kappa shape index (κ2) is 17.1. The maximum atomic E-state index is 12.8. The van der Waals surface area contributed by atoms with E-state index in [1.165, 1.54) is 76.2 Å². The summed E-state index contributed by atoms with van der Waals surface area (Å²) in [5, 5.41) is 5.14. The first-order chi connectivity index (χ1) is 17.7. The molecule has 196 valence electrons. The van der Waals surface area contributed by atoms with Crippen molar-refractivity contribution in [3.05, 3.63) is 71.3 Å². The van der Waals surface area contributed by atoms with Gasteiger partial charge in [0.15, 0.2) is 0 Å². The van der Waals surface area contributed by atoms with Gasteiger partial charge in [-0.1, -0.05) is 95.8 Å². The highest BCUT2D eigenvalue weighted by molar-refractivity contribution is 8.02. The summed E-state index contributed by atoms with van der Waals surface area (Å²) >= 11 is 1.79. The molecule has 1 heterocycles. The average Bonchev–Trinajstić information content (AvgIpc) is 3.40. The normalized spacial score (nSPS) is 12.8. The number of amides is 1. The molecule has 4 nitrogen and oxygen atoms in total. The van der Waals surface area contributed by atoms with Crippen LogP contribution in [0.4, 0.5) is 5.69 Å². The Hall–Kier alpha value is -2.40. The summed E-state index contributed by atoms with van der Waals surface area (Å²) in [5.41, 5.74) is 2.61. The van der Waals surface area contributed by atoms with Crippen molar-refractivity contribution in [3.8, 4) is 5.75 Å². The first-order valence-corrected chi connectivity index (χ1v) is 14.9. The molecule has 0 fully saturated rings. The molecule has 0 atom stereocenters. The largest absolute Gasteiger partial charge is 0.494 e. The third-order valence-electron chi connectivity index (χ3n) is 6.54. The number of nitrogens with zero attached hydrogens (tertiary/aromatic N) is 1. The van der Waals surface area contributed by atoms with Gasteiger partial charge in [0.25, 0.3) is 5.91 Å². The van der Waals surface area contributed by atoms with Gasteiger partial charge in [-0.3, -0.25) is 4.79 Å². The fourth-order valence-electron chi connectivity index (χ4n) is 4.45. The van der Waals surface area contributed by atoms with E-state index in [2.05, 4.69) is 34.8 Å².